The van der Waals surface area contributed by atoms with E-state index in [1.165, 1.54) is 4.68 Å². The van der Waals surface area contributed by atoms with Crippen LogP contribution in [0.5, 0.6) is 0 Å². The fourth-order valence-corrected chi connectivity index (χ4v) is 5.18. The second kappa shape index (κ2) is 8.87. The van der Waals surface area contributed by atoms with E-state index in [2.05, 4.69) is 10.1 Å². The lowest BCUT2D eigenvalue weighted by Gasteiger charge is -2.44. The van der Waals surface area contributed by atoms with E-state index in [4.69, 9.17) is 9.84 Å². The molecule has 186 valence electrons. The van der Waals surface area contributed by atoms with Crippen LogP contribution in [0.3, 0.4) is 0 Å². The van der Waals surface area contributed by atoms with Crippen LogP contribution in [-0.4, -0.2) is 55.7 Å². The van der Waals surface area contributed by atoms with Crippen LogP contribution in [0.2, 0.25) is 0 Å². The molecule has 10 heteroatoms. The first kappa shape index (κ1) is 24.5. The Hall–Kier alpha value is -2.62. The van der Waals surface area contributed by atoms with Crippen molar-refractivity contribution < 1.29 is 27.8 Å². The summed E-state index contributed by atoms with van der Waals surface area (Å²) in [6.45, 7) is 8.06. The zero-order chi connectivity index (χ0) is 24.8. The molecule has 2 fully saturated rings. The van der Waals surface area contributed by atoms with Gasteiger partial charge in [-0.25, -0.2) is 27.6 Å². The van der Waals surface area contributed by atoms with E-state index in [1.54, 1.807) is 4.90 Å². The number of aliphatic hydroxyl groups excluding tert-OH is 1. The first-order chi connectivity index (χ1) is 15.9. The van der Waals surface area contributed by atoms with Gasteiger partial charge < -0.3 is 14.7 Å². The van der Waals surface area contributed by atoms with Gasteiger partial charge in [0.1, 0.15) is 11.4 Å². The molecular weight excluding hydrogens is 449 g/mol. The number of hydrogen-bond acceptors (Lipinski definition) is 5. The van der Waals surface area contributed by atoms with Gasteiger partial charge in [0.25, 0.3) is 0 Å². The number of halogens is 3. The van der Waals surface area contributed by atoms with Crippen molar-refractivity contribution in [1.29, 1.82) is 0 Å². The molecule has 2 aromatic rings. The maximum atomic E-state index is 13.9. The number of rotatable bonds is 5. The number of ether oxygens (including phenoxy) is 1. The Morgan fingerprint density at radius 2 is 1.85 bits per heavy atom. The Bertz CT molecular complexity index is 1050. The normalized spacial score (nSPS) is 24.5. The Labute approximate surface area is 196 Å². The first-order valence-electron chi connectivity index (χ1n) is 11.6. The van der Waals surface area contributed by atoms with Gasteiger partial charge in [-0.2, -0.15) is 5.10 Å². The van der Waals surface area contributed by atoms with Gasteiger partial charge in [0.15, 0.2) is 23.3 Å². The van der Waals surface area contributed by atoms with Crippen molar-refractivity contribution in [3.05, 3.63) is 41.2 Å². The molecule has 1 aromatic heterocycles. The van der Waals surface area contributed by atoms with Crippen LogP contribution in [0.4, 0.5) is 18.0 Å². The average molecular weight is 481 g/mol. The summed E-state index contributed by atoms with van der Waals surface area (Å²) in [6, 6.07) is 1.85. The molecule has 1 aliphatic heterocycles. The maximum absolute atomic E-state index is 13.9. The molecule has 1 N–H and O–H groups in total. The van der Waals surface area contributed by atoms with Gasteiger partial charge in [-0.15, -0.1) is 0 Å². The molecule has 1 saturated heterocycles. The van der Waals surface area contributed by atoms with Gasteiger partial charge in [0.2, 0.25) is 0 Å². The van der Waals surface area contributed by atoms with Gasteiger partial charge in [0, 0.05) is 43.7 Å². The quantitative estimate of drug-likeness (QED) is 0.638. The zero-order valence-corrected chi connectivity index (χ0v) is 19.9. The molecule has 1 aromatic carbocycles. The van der Waals surface area contributed by atoms with Gasteiger partial charge in [-0.05, 0) is 58.8 Å². The molecule has 0 bridgehead atoms. The predicted molar refractivity (Wildman–Crippen MR) is 118 cm³/mol. The number of aliphatic hydroxyl groups is 1. The van der Waals surface area contributed by atoms with E-state index in [0.717, 1.165) is 31.4 Å². The molecule has 0 radical (unpaired) electrons. The highest BCUT2D eigenvalue weighted by Gasteiger charge is 2.54. The molecule has 1 amide bonds. The Balaban J connectivity index is 1.56. The van der Waals surface area contributed by atoms with E-state index in [-0.39, 0.29) is 35.8 Å². The topological polar surface area (TPSA) is 80.5 Å². The summed E-state index contributed by atoms with van der Waals surface area (Å²) in [5.41, 5.74) is -0.594. The van der Waals surface area contributed by atoms with Crippen LogP contribution in [0.25, 0.3) is 5.69 Å². The number of likely N-dealkylation sites (tertiary alicyclic amines) is 1. The number of aryl methyl sites for hydroxylation is 1. The van der Waals surface area contributed by atoms with Crippen molar-refractivity contribution in [2.75, 3.05) is 13.2 Å². The first-order valence-corrected chi connectivity index (χ1v) is 11.6. The summed E-state index contributed by atoms with van der Waals surface area (Å²) in [6.07, 6.45) is 2.83. The van der Waals surface area contributed by atoms with E-state index in [1.807, 2.05) is 27.7 Å². The highest BCUT2D eigenvalue weighted by molar-refractivity contribution is 5.69. The summed E-state index contributed by atoms with van der Waals surface area (Å²) < 4.78 is 48.3. The number of benzene rings is 1. The number of carbonyl (C=O) groups excluding carboxylic acids is 1. The van der Waals surface area contributed by atoms with Crippen LogP contribution in [-0.2, 0) is 11.2 Å². The van der Waals surface area contributed by atoms with Gasteiger partial charge in [0.05, 0.1) is 5.69 Å². The molecule has 7 nitrogen and oxygen atoms in total. The Morgan fingerprint density at radius 3 is 2.44 bits per heavy atom. The fraction of sp³-hybridized carbons (Fsp3) is 0.625. The molecule has 34 heavy (non-hydrogen) atoms. The predicted octanol–water partition coefficient (Wildman–Crippen LogP) is 4.50. The van der Waals surface area contributed by atoms with Crippen molar-refractivity contribution in [3.8, 4) is 5.69 Å². The lowest BCUT2D eigenvalue weighted by molar-refractivity contribution is 0.0187. The molecule has 1 unspecified atom stereocenters. The number of nitrogens with zero attached hydrogens (tertiary/aromatic N) is 4. The van der Waals surface area contributed by atoms with E-state index < -0.39 is 23.1 Å². The molecule has 2 aliphatic rings. The third-order valence-corrected chi connectivity index (χ3v) is 6.57. The van der Waals surface area contributed by atoms with Gasteiger partial charge in [-0.1, -0.05) is 0 Å². The standard InChI is InChI=1S/C24H31F3N4O3/c1-14-10-24(13-30(14)22(33)34-23(2,3)4)11-15(12-24)21-28-19(6-5-7-32)29-31(21)16-8-17(25)20(27)18(26)9-16/h8-9,14-15,32H,5-7,10-13H2,1-4H3. The maximum Gasteiger partial charge on any atom is 0.410 e. The van der Waals surface area contributed by atoms with Crippen molar-refractivity contribution in [2.45, 2.75) is 77.4 Å². The smallest absolute Gasteiger partial charge is 0.410 e. The van der Waals surface area contributed by atoms with E-state index in [9.17, 15) is 18.0 Å². The van der Waals surface area contributed by atoms with Crippen molar-refractivity contribution >= 4 is 6.09 Å². The van der Waals surface area contributed by atoms with Crippen molar-refractivity contribution in [1.82, 2.24) is 19.7 Å². The lowest BCUT2D eigenvalue weighted by atomic mass is 9.60. The minimum Gasteiger partial charge on any atom is -0.444 e. The van der Waals surface area contributed by atoms with E-state index in [0.29, 0.717) is 31.0 Å². The summed E-state index contributed by atoms with van der Waals surface area (Å²) in [5.74, 6) is -3.15. The monoisotopic (exact) mass is 480 g/mol. The second-order valence-electron chi connectivity index (χ2n) is 10.6. The third-order valence-electron chi connectivity index (χ3n) is 6.57. The van der Waals surface area contributed by atoms with Crippen LogP contribution in [0.1, 0.15) is 70.9 Å². The van der Waals surface area contributed by atoms with Crippen LogP contribution >= 0.6 is 0 Å². The molecule has 4 rings (SSSR count). The molecule has 2 heterocycles. The number of amides is 1. The third kappa shape index (κ3) is 4.78. The highest BCUT2D eigenvalue weighted by Crippen LogP contribution is 2.57. The molecule has 1 aliphatic carbocycles. The van der Waals surface area contributed by atoms with Crippen molar-refractivity contribution in [3.63, 3.8) is 0 Å². The lowest BCUT2D eigenvalue weighted by Crippen LogP contribution is -2.42. The SMILES string of the molecule is CC1CC2(CC(c3nc(CCCO)nn3-c3cc(F)c(F)c(F)c3)C2)CN1C(=O)OC(C)(C)C. The minimum absolute atomic E-state index is 0.0302. The van der Waals surface area contributed by atoms with Gasteiger partial charge >= 0.3 is 6.09 Å². The van der Waals surface area contributed by atoms with Crippen molar-refractivity contribution in [2.24, 2.45) is 5.41 Å². The van der Waals surface area contributed by atoms with Crippen LogP contribution < -0.4 is 0 Å². The van der Waals surface area contributed by atoms with Crippen LogP contribution in [0.15, 0.2) is 12.1 Å². The largest absolute Gasteiger partial charge is 0.444 e. The zero-order valence-electron chi connectivity index (χ0n) is 19.9. The molecular formula is C24H31F3N4O3. The summed E-state index contributed by atoms with van der Waals surface area (Å²) >= 11 is 0. The van der Waals surface area contributed by atoms with Gasteiger partial charge in [-0.3, -0.25) is 0 Å². The Kier molecular flexibility index (Phi) is 6.39. The molecule has 1 atom stereocenters. The fourth-order valence-electron chi connectivity index (χ4n) is 5.18. The minimum atomic E-state index is -1.53. The Morgan fingerprint density at radius 1 is 1.21 bits per heavy atom. The summed E-state index contributed by atoms with van der Waals surface area (Å²) in [5, 5.41) is 13.5. The number of aromatic nitrogens is 3. The summed E-state index contributed by atoms with van der Waals surface area (Å²) in [7, 11) is 0. The molecule has 1 spiro atoms. The number of hydrogen-bond donors (Lipinski definition) is 1. The van der Waals surface area contributed by atoms with Crippen LogP contribution in [0, 0.1) is 22.9 Å². The molecule has 1 saturated carbocycles. The second-order valence-corrected chi connectivity index (χ2v) is 10.6. The number of carbonyl (C=O) groups is 1. The average Bonchev–Trinajstić information content (AvgIpc) is 3.29. The highest BCUT2D eigenvalue weighted by atomic mass is 19.2. The van der Waals surface area contributed by atoms with E-state index >= 15 is 0 Å². The summed E-state index contributed by atoms with van der Waals surface area (Å²) in [4.78, 5) is 19.0.